The van der Waals surface area contributed by atoms with E-state index in [9.17, 15) is 4.79 Å². The lowest BCUT2D eigenvalue weighted by atomic mass is 10.1. The van der Waals surface area contributed by atoms with Crippen molar-refractivity contribution in [2.24, 2.45) is 0 Å². The fourth-order valence-electron chi connectivity index (χ4n) is 3.00. The number of rotatable bonds is 2. The van der Waals surface area contributed by atoms with Crippen LogP contribution < -0.4 is 5.32 Å². The Morgan fingerprint density at radius 3 is 3.06 bits per heavy atom. The molecule has 2 fully saturated rings. The Morgan fingerprint density at radius 1 is 1.35 bits per heavy atom. The van der Waals surface area contributed by atoms with Crippen LogP contribution in [0.3, 0.4) is 0 Å². The van der Waals surface area contributed by atoms with Crippen molar-refractivity contribution in [1.82, 2.24) is 20.0 Å². The molecule has 1 amide bonds. The standard InChI is InChI=1S/C12H18N4O/c17-12(9-15-7-1-5-14-15)16-10-2-3-11(16)8-13-6-4-10/h1,5,7,10-11,13H,2-4,6,8-9H2. The predicted octanol–water partition coefficient (Wildman–Crippen LogP) is 0.236. The van der Waals surface area contributed by atoms with Gasteiger partial charge < -0.3 is 10.2 Å². The van der Waals surface area contributed by atoms with Crippen molar-refractivity contribution in [1.29, 1.82) is 0 Å². The molecular weight excluding hydrogens is 216 g/mol. The molecule has 2 atom stereocenters. The van der Waals surface area contributed by atoms with Gasteiger partial charge in [-0.25, -0.2) is 0 Å². The molecule has 2 saturated heterocycles. The number of hydrogen-bond acceptors (Lipinski definition) is 3. The number of carbonyl (C=O) groups excluding carboxylic acids is 1. The maximum absolute atomic E-state index is 12.3. The summed E-state index contributed by atoms with van der Waals surface area (Å²) < 4.78 is 1.71. The average Bonchev–Trinajstić information content (AvgIpc) is 2.85. The molecule has 17 heavy (non-hydrogen) atoms. The van der Waals surface area contributed by atoms with Gasteiger partial charge in [0.25, 0.3) is 0 Å². The highest BCUT2D eigenvalue weighted by Crippen LogP contribution is 2.28. The summed E-state index contributed by atoms with van der Waals surface area (Å²) in [6.45, 7) is 2.36. The van der Waals surface area contributed by atoms with Crippen LogP contribution in [0.25, 0.3) is 0 Å². The molecule has 0 spiro atoms. The van der Waals surface area contributed by atoms with Crippen molar-refractivity contribution in [3.8, 4) is 0 Å². The molecule has 0 radical (unpaired) electrons. The number of carbonyl (C=O) groups is 1. The van der Waals surface area contributed by atoms with Crippen molar-refractivity contribution in [2.75, 3.05) is 13.1 Å². The maximum atomic E-state index is 12.3. The Bertz CT molecular complexity index is 375. The highest BCUT2D eigenvalue weighted by molar-refractivity contribution is 5.77. The van der Waals surface area contributed by atoms with Crippen molar-refractivity contribution in [2.45, 2.75) is 37.9 Å². The molecule has 3 rings (SSSR count). The summed E-state index contributed by atoms with van der Waals surface area (Å²) in [5.41, 5.74) is 0. The minimum Gasteiger partial charge on any atom is -0.334 e. The van der Waals surface area contributed by atoms with Crippen LogP contribution in [0.5, 0.6) is 0 Å². The molecule has 1 aromatic heterocycles. The Morgan fingerprint density at radius 2 is 2.24 bits per heavy atom. The third-order valence-electron chi connectivity index (χ3n) is 3.80. The minimum absolute atomic E-state index is 0.213. The van der Waals surface area contributed by atoms with E-state index in [4.69, 9.17) is 0 Å². The third kappa shape index (κ3) is 2.07. The van der Waals surface area contributed by atoms with Crippen LogP contribution in [0.15, 0.2) is 18.5 Å². The monoisotopic (exact) mass is 234 g/mol. The fourth-order valence-corrected chi connectivity index (χ4v) is 3.00. The number of aromatic nitrogens is 2. The Hall–Kier alpha value is -1.36. The second kappa shape index (κ2) is 4.49. The molecule has 1 N–H and O–H groups in total. The number of fused-ring (bicyclic) bond motifs is 2. The lowest BCUT2D eigenvalue weighted by Gasteiger charge is -2.27. The van der Waals surface area contributed by atoms with Gasteiger partial charge in [0.15, 0.2) is 0 Å². The van der Waals surface area contributed by atoms with Crippen LogP contribution in [0.4, 0.5) is 0 Å². The molecule has 1 aromatic rings. The lowest BCUT2D eigenvalue weighted by molar-refractivity contribution is -0.134. The molecule has 5 nitrogen and oxygen atoms in total. The first-order chi connectivity index (χ1) is 8.34. The van der Waals surface area contributed by atoms with E-state index < -0.39 is 0 Å². The van der Waals surface area contributed by atoms with Gasteiger partial charge in [0.1, 0.15) is 6.54 Å². The minimum atomic E-state index is 0.213. The first-order valence-electron chi connectivity index (χ1n) is 6.34. The first kappa shape index (κ1) is 10.8. The quantitative estimate of drug-likeness (QED) is 0.797. The van der Waals surface area contributed by atoms with Crippen LogP contribution in [0.2, 0.25) is 0 Å². The smallest absolute Gasteiger partial charge is 0.244 e. The summed E-state index contributed by atoms with van der Waals surface area (Å²) in [5, 5.41) is 7.50. The largest absolute Gasteiger partial charge is 0.334 e. The summed E-state index contributed by atoms with van der Waals surface area (Å²) in [5.74, 6) is 0.213. The van der Waals surface area contributed by atoms with Gasteiger partial charge in [-0.2, -0.15) is 5.10 Å². The summed E-state index contributed by atoms with van der Waals surface area (Å²) in [6.07, 6.45) is 6.95. The number of nitrogens with zero attached hydrogens (tertiary/aromatic N) is 3. The zero-order valence-corrected chi connectivity index (χ0v) is 9.88. The number of hydrogen-bond donors (Lipinski definition) is 1. The van der Waals surface area contributed by atoms with Crippen LogP contribution in [-0.2, 0) is 11.3 Å². The van der Waals surface area contributed by atoms with Crippen LogP contribution in [0.1, 0.15) is 19.3 Å². The number of amides is 1. The SMILES string of the molecule is O=C(Cn1cccn1)N1C2CCNCC1CC2. The average molecular weight is 234 g/mol. The van der Waals surface area contributed by atoms with Gasteiger partial charge in [-0.15, -0.1) is 0 Å². The van der Waals surface area contributed by atoms with Gasteiger partial charge in [-0.05, 0) is 31.9 Å². The summed E-state index contributed by atoms with van der Waals surface area (Å²) in [6, 6.07) is 2.69. The second-order valence-corrected chi connectivity index (χ2v) is 4.88. The topological polar surface area (TPSA) is 50.2 Å². The molecule has 2 bridgehead atoms. The molecule has 5 heteroatoms. The van der Waals surface area contributed by atoms with Crippen LogP contribution in [0, 0.1) is 0 Å². The predicted molar refractivity (Wildman–Crippen MR) is 63.4 cm³/mol. The fraction of sp³-hybridized carbons (Fsp3) is 0.667. The molecule has 2 unspecified atom stereocenters. The van der Waals surface area contributed by atoms with E-state index in [0.717, 1.165) is 32.4 Å². The van der Waals surface area contributed by atoms with Crippen molar-refractivity contribution in [3.05, 3.63) is 18.5 Å². The number of nitrogens with one attached hydrogen (secondary N) is 1. The lowest BCUT2D eigenvalue weighted by Crippen LogP contribution is -2.44. The highest BCUT2D eigenvalue weighted by atomic mass is 16.2. The molecule has 3 heterocycles. The molecule has 0 saturated carbocycles. The summed E-state index contributed by atoms with van der Waals surface area (Å²) in [7, 11) is 0. The van der Waals surface area contributed by atoms with Crippen molar-refractivity contribution in [3.63, 3.8) is 0 Å². The van der Waals surface area contributed by atoms with E-state index in [1.54, 1.807) is 10.9 Å². The summed E-state index contributed by atoms with van der Waals surface area (Å²) in [4.78, 5) is 14.4. The molecule has 0 aliphatic carbocycles. The van der Waals surface area contributed by atoms with Gasteiger partial charge in [0, 0.05) is 31.0 Å². The van der Waals surface area contributed by atoms with Gasteiger partial charge in [-0.3, -0.25) is 9.48 Å². The van der Waals surface area contributed by atoms with E-state index >= 15 is 0 Å². The normalized spacial score (nSPS) is 28.1. The van der Waals surface area contributed by atoms with E-state index in [-0.39, 0.29) is 5.91 Å². The van der Waals surface area contributed by atoms with E-state index in [2.05, 4.69) is 15.3 Å². The van der Waals surface area contributed by atoms with Crippen molar-refractivity contribution >= 4 is 5.91 Å². The molecular formula is C12H18N4O. The van der Waals surface area contributed by atoms with Gasteiger partial charge in [0.2, 0.25) is 5.91 Å². The van der Waals surface area contributed by atoms with E-state index in [0.29, 0.717) is 18.6 Å². The van der Waals surface area contributed by atoms with Crippen LogP contribution in [-0.4, -0.2) is 45.8 Å². The third-order valence-corrected chi connectivity index (χ3v) is 3.80. The Labute approximate surface area is 101 Å². The van der Waals surface area contributed by atoms with Gasteiger partial charge >= 0.3 is 0 Å². The molecule has 0 aromatic carbocycles. The van der Waals surface area contributed by atoms with E-state index in [1.165, 1.54) is 0 Å². The first-order valence-corrected chi connectivity index (χ1v) is 6.34. The zero-order chi connectivity index (χ0) is 11.7. The molecule has 92 valence electrons. The van der Waals surface area contributed by atoms with Crippen LogP contribution >= 0.6 is 0 Å². The van der Waals surface area contributed by atoms with Gasteiger partial charge in [0.05, 0.1) is 0 Å². The Kier molecular flexibility index (Phi) is 2.84. The van der Waals surface area contributed by atoms with E-state index in [1.807, 2.05) is 12.3 Å². The molecule has 2 aliphatic heterocycles. The summed E-state index contributed by atoms with van der Waals surface area (Å²) >= 11 is 0. The molecule has 2 aliphatic rings. The van der Waals surface area contributed by atoms with Crippen molar-refractivity contribution < 1.29 is 4.79 Å². The zero-order valence-electron chi connectivity index (χ0n) is 9.88. The second-order valence-electron chi connectivity index (χ2n) is 4.88. The van der Waals surface area contributed by atoms with Gasteiger partial charge in [-0.1, -0.05) is 0 Å². The maximum Gasteiger partial charge on any atom is 0.244 e. The highest BCUT2D eigenvalue weighted by Gasteiger charge is 2.37. The Balaban J connectivity index is 1.72.